The maximum Gasteiger partial charge on any atom is 0.166 e. The summed E-state index contributed by atoms with van der Waals surface area (Å²) in [6.07, 6.45) is 3.73. The summed E-state index contributed by atoms with van der Waals surface area (Å²) in [7, 11) is 0. The molecule has 0 saturated carbocycles. The first-order valence-corrected chi connectivity index (χ1v) is 6.05. The Balaban J connectivity index is 2.16. The van der Waals surface area contributed by atoms with E-state index in [1.807, 2.05) is 16.7 Å². The smallest absolute Gasteiger partial charge is 0.166 e. The van der Waals surface area contributed by atoms with E-state index in [1.54, 1.807) is 6.07 Å². The molecule has 1 aliphatic rings. The standard InChI is InChI=1S/C13H14N4O/c14-7-11-12-2-1-10(15)8-17(12)13(16-11)9-3-5-18-6-4-9/h1-2,8-9H,3-6,15H2. The average Bonchev–Trinajstić information content (AvgIpc) is 2.77. The SMILES string of the molecule is N#Cc1nc(C2CCOCC2)n2cc(N)ccc12. The lowest BCUT2D eigenvalue weighted by molar-refractivity contribution is 0.0835. The van der Waals surface area contributed by atoms with Crippen LogP contribution in [0.3, 0.4) is 0 Å². The van der Waals surface area contributed by atoms with Crippen molar-refractivity contribution < 1.29 is 4.74 Å². The number of hydrogen-bond donors (Lipinski definition) is 1. The van der Waals surface area contributed by atoms with Gasteiger partial charge in [0.2, 0.25) is 0 Å². The molecule has 3 rings (SSSR count). The summed E-state index contributed by atoms with van der Waals surface area (Å²) < 4.78 is 7.31. The van der Waals surface area contributed by atoms with E-state index in [2.05, 4.69) is 11.1 Å². The molecule has 1 fully saturated rings. The van der Waals surface area contributed by atoms with Gasteiger partial charge < -0.3 is 14.9 Å². The molecule has 0 atom stereocenters. The van der Waals surface area contributed by atoms with Gasteiger partial charge in [0.1, 0.15) is 11.9 Å². The number of nitrogen functional groups attached to an aromatic ring is 1. The lowest BCUT2D eigenvalue weighted by atomic mass is 9.99. The fourth-order valence-corrected chi connectivity index (χ4v) is 2.45. The van der Waals surface area contributed by atoms with Crippen molar-refractivity contribution in [1.82, 2.24) is 9.38 Å². The minimum absolute atomic E-state index is 0.343. The molecule has 1 saturated heterocycles. The van der Waals surface area contributed by atoms with E-state index in [9.17, 15) is 0 Å². The zero-order valence-electron chi connectivity index (χ0n) is 9.97. The first-order valence-electron chi connectivity index (χ1n) is 6.05. The Labute approximate surface area is 105 Å². The normalized spacial score (nSPS) is 16.8. The number of nitrogens with zero attached hydrogens (tertiary/aromatic N) is 3. The van der Waals surface area contributed by atoms with Gasteiger partial charge in [-0.05, 0) is 25.0 Å². The molecule has 2 aromatic rings. The fourth-order valence-electron chi connectivity index (χ4n) is 2.45. The number of anilines is 1. The predicted octanol–water partition coefficient (Wildman–Crippen LogP) is 1.68. The lowest BCUT2D eigenvalue weighted by Gasteiger charge is -2.20. The maximum atomic E-state index is 9.13. The molecular weight excluding hydrogens is 228 g/mol. The number of rotatable bonds is 1. The second-order valence-corrected chi connectivity index (χ2v) is 4.53. The van der Waals surface area contributed by atoms with Crippen LogP contribution in [0.25, 0.3) is 5.52 Å². The fraction of sp³-hybridized carbons (Fsp3) is 0.385. The van der Waals surface area contributed by atoms with E-state index in [4.69, 9.17) is 15.7 Å². The Morgan fingerprint density at radius 3 is 2.89 bits per heavy atom. The van der Waals surface area contributed by atoms with Crippen molar-refractivity contribution in [1.29, 1.82) is 5.26 Å². The number of nitrogens with two attached hydrogens (primary N) is 1. The number of imidazole rings is 1. The molecule has 0 spiro atoms. The number of aromatic nitrogens is 2. The van der Waals surface area contributed by atoms with Gasteiger partial charge in [-0.25, -0.2) is 4.98 Å². The third kappa shape index (κ3) is 1.71. The molecule has 0 aliphatic carbocycles. The Bertz CT molecular complexity index is 620. The molecule has 18 heavy (non-hydrogen) atoms. The van der Waals surface area contributed by atoms with Gasteiger partial charge in [-0.1, -0.05) is 0 Å². The molecule has 0 radical (unpaired) electrons. The van der Waals surface area contributed by atoms with Crippen LogP contribution in [0.15, 0.2) is 18.3 Å². The number of nitriles is 1. The van der Waals surface area contributed by atoms with Gasteiger partial charge >= 0.3 is 0 Å². The van der Waals surface area contributed by atoms with Crippen LogP contribution in [0.4, 0.5) is 5.69 Å². The van der Waals surface area contributed by atoms with Crippen LogP contribution in [0.1, 0.15) is 30.3 Å². The second-order valence-electron chi connectivity index (χ2n) is 4.53. The molecule has 0 bridgehead atoms. The van der Waals surface area contributed by atoms with Gasteiger partial charge in [-0.2, -0.15) is 5.26 Å². The number of hydrogen-bond acceptors (Lipinski definition) is 4. The van der Waals surface area contributed by atoms with Gasteiger partial charge in [0, 0.05) is 31.0 Å². The van der Waals surface area contributed by atoms with Crippen LogP contribution in [-0.2, 0) is 4.74 Å². The van der Waals surface area contributed by atoms with Crippen LogP contribution >= 0.6 is 0 Å². The highest BCUT2D eigenvalue weighted by Crippen LogP contribution is 2.28. The van der Waals surface area contributed by atoms with Crippen molar-refractivity contribution in [3.8, 4) is 6.07 Å². The van der Waals surface area contributed by atoms with E-state index in [1.165, 1.54) is 0 Å². The first kappa shape index (κ1) is 11.1. The molecule has 0 amide bonds. The highest BCUT2D eigenvalue weighted by atomic mass is 16.5. The van der Waals surface area contributed by atoms with E-state index in [0.717, 1.165) is 37.4 Å². The molecule has 5 nitrogen and oxygen atoms in total. The largest absolute Gasteiger partial charge is 0.398 e. The van der Waals surface area contributed by atoms with Crippen molar-refractivity contribution in [3.63, 3.8) is 0 Å². The number of ether oxygens (including phenoxy) is 1. The predicted molar refractivity (Wildman–Crippen MR) is 67.1 cm³/mol. The second kappa shape index (κ2) is 4.31. The molecule has 92 valence electrons. The van der Waals surface area contributed by atoms with Crippen LogP contribution < -0.4 is 5.73 Å². The van der Waals surface area contributed by atoms with Crippen LogP contribution in [0.5, 0.6) is 0 Å². The van der Waals surface area contributed by atoms with Gasteiger partial charge in [0.25, 0.3) is 0 Å². The van der Waals surface area contributed by atoms with Crippen LogP contribution in [0.2, 0.25) is 0 Å². The summed E-state index contributed by atoms with van der Waals surface area (Å²) in [5.74, 6) is 1.27. The quantitative estimate of drug-likeness (QED) is 0.825. The Hall–Kier alpha value is -2.06. The summed E-state index contributed by atoms with van der Waals surface area (Å²) >= 11 is 0. The van der Waals surface area contributed by atoms with Crippen molar-refractivity contribution in [2.75, 3.05) is 18.9 Å². The van der Waals surface area contributed by atoms with E-state index in [0.29, 0.717) is 17.3 Å². The molecule has 5 heteroatoms. The lowest BCUT2D eigenvalue weighted by Crippen LogP contribution is -2.16. The van der Waals surface area contributed by atoms with Gasteiger partial charge in [0.05, 0.1) is 5.52 Å². The van der Waals surface area contributed by atoms with Gasteiger partial charge in [-0.15, -0.1) is 0 Å². The summed E-state index contributed by atoms with van der Waals surface area (Å²) in [5, 5.41) is 9.13. The zero-order chi connectivity index (χ0) is 12.5. The highest BCUT2D eigenvalue weighted by molar-refractivity contribution is 5.61. The van der Waals surface area contributed by atoms with Crippen molar-refractivity contribution in [2.45, 2.75) is 18.8 Å². The van der Waals surface area contributed by atoms with Crippen LogP contribution in [0, 0.1) is 11.3 Å². The zero-order valence-corrected chi connectivity index (χ0v) is 9.97. The minimum atomic E-state index is 0.343. The molecule has 0 aromatic carbocycles. The van der Waals surface area contributed by atoms with E-state index >= 15 is 0 Å². The number of fused-ring (bicyclic) bond motifs is 1. The monoisotopic (exact) mass is 242 g/mol. The summed E-state index contributed by atoms with van der Waals surface area (Å²) in [5.41, 5.74) is 7.79. The molecule has 1 aliphatic heterocycles. The third-order valence-corrected chi connectivity index (χ3v) is 3.38. The van der Waals surface area contributed by atoms with Crippen molar-refractivity contribution in [3.05, 3.63) is 29.8 Å². The van der Waals surface area contributed by atoms with Gasteiger partial charge in [0.15, 0.2) is 5.69 Å². The Morgan fingerprint density at radius 2 is 2.17 bits per heavy atom. The summed E-state index contributed by atoms with van der Waals surface area (Å²) in [6, 6.07) is 5.79. The molecule has 2 N–H and O–H groups in total. The Kier molecular flexibility index (Phi) is 2.65. The molecule has 3 heterocycles. The number of pyridine rings is 1. The van der Waals surface area contributed by atoms with E-state index < -0.39 is 0 Å². The third-order valence-electron chi connectivity index (χ3n) is 3.38. The Morgan fingerprint density at radius 1 is 1.39 bits per heavy atom. The average molecular weight is 242 g/mol. The minimum Gasteiger partial charge on any atom is -0.398 e. The van der Waals surface area contributed by atoms with Crippen LogP contribution in [-0.4, -0.2) is 22.6 Å². The molecule has 2 aromatic heterocycles. The van der Waals surface area contributed by atoms with E-state index in [-0.39, 0.29) is 0 Å². The summed E-state index contributed by atoms with van der Waals surface area (Å²) in [4.78, 5) is 4.46. The van der Waals surface area contributed by atoms with Crippen molar-refractivity contribution in [2.24, 2.45) is 0 Å². The van der Waals surface area contributed by atoms with Gasteiger partial charge in [-0.3, -0.25) is 0 Å². The molecule has 0 unspecified atom stereocenters. The molecular formula is C13H14N4O. The highest BCUT2D eigenvalue weighted by Gasteiger charge is 2.22. The maximum absolute atomic E-state index is 9.13. The van der Waals surface area contributed by atoms with Crippen molar-refractivity contribution >= 4 is 11.2 Å². The topological polar surface area (TPSA) is 76.3 Å². The first-order chi connectivity index (χ1) is 8.79. The summed E-state index contributed by atoms with van der Waals surface area (Å²) in [6.45, 7) is 1.51.